The molecule has 1 aromatic carbocycles. The van der Waals surface area contributed by atoms with Crippen LogP contribution in [0, 0.1) is 11.8 Å². The molecular formula is C17H24O4. The predicted molar refractivity (Wildman–Crippen MR) is 79.7 cm³/mol. The molecule has 0 radical (unpaired) electrons. The summed E-state index contributed by atoms with van der Waals surface area (Å²) in [6.45, 7) is 2.07. The highest BCUT2D eigenvalue weighted by molar-refractivity contribution is 5.69. The standard InChI is InChI=1S/C17H24O4/c1-12-14(11-16(18)19-2)15(21-17(12)20-3)10-9-13-7-5-4-6-8-13/h4-8,12,14-15,17H,9-11H2,1-3H3/t12-,14-,15+,17-/m0/s1. The summed E-state index contributed by atoms with van der Waals surface area (Å²) in [5.74, 6) is 0.151. The van der Waals surface area contributed by atoms with E-state index in [1.165, 1.54) is 12.7 Å². The van der Waals surface area contributed by atoms with Crippen molar-refractivity contribution in [2.45, 2.75) is 38.6 Å². The number of methoxy groups -OCH3 is 2. The summed E-state index contributed by atoms with van der Waals surface area (Å²) in [5, 5.41) is 0. The molecule has 1 aliphatic rings. The second kappa shape index (κ2) is 7.57. The van der Waals surface area contributed by atoms with E-state index in [4.69, 9.17) is 14.2 Å². The van der Waals surface area contributed by atoms with Crippen molar-refractivity contribution in [2.75, 3.05) is 14.2 Å². The Labute approximate surface area is 126 Å². The topological polar surface area (TPSA) is 44.8 Å². The monoisotopic (exact) mass is 292 g/mol. The van der Waals surface area contributed by atoms with Gasteiger partial charge < -0.3 is 14.2 Å². The smallest absolute Gasteiger partial charge is 0.305 e. The van der Waals surface area contributed by atoms with Crippen LogP contribution in [0.15, 0.2) is 30.3 Å². The van der Waals surface area contributed by atoms with E-state index < -0.39 is 0 Å². The summed E-state index contributed by atoms with van der Waals surface area (Å²) >= 11 is 0. The van der Waals surface area contributed by atoms with E-state index in [9.17, 15) is 4.79 Å². The van der Waals surface area contributed by atoms with Crippen LogP contribution in [-0.4, -0.2) is 32.6 Å². The van der Waals surface area contributed by atoms with Gasteiger partial charge in [0, 0.05) is 18.9 Å². The Morgan fingerprint density at radius 2 is 1.95 bits per heavy atom. The number of ether oxygens (including phenoxy) is 3. The molecule has 0 bridgehead atoms. The number of hydrogen-bond acceptors (Lipinski definition) is 4. The zero-order valence-electron chi connectivity index (χ0n) is 13.0. The van der Waals surface area contributed by atoms with Crippen LogP contribution in [0.25, 0.3) is 0 Å². The van der Waals surface area contributed by atoms with E-state index in [1.54, 1.807) is 7.11 Å². The SMILES string of the molecule is COC(=O)C[C@H]1[C@H](C)[C@@H](OC)O[C@@H]1CCc1ccccc1. The number of carbonyl (C=O) groups excluding carboxylic acids is 1. The zero-order valence-corrected chi connectivity index (χ0v) is 13.0. The number of benzene rings is 1. The lowest BCUT2D eigenvalue weighted by Gasteiger charge is -2.19. The molecule has 1 aliphatic heterocycles. The largest absolute Gasteiger partial charge is 0.469 e. The summed E-state index contributed by atoms with van der Waals surface area (Å²) in [5.41, 5.74) is 1.28. The molecule has 0 N–H and O–H groups in total. The van der Waals surface area contributed by atoms with Crippen molar-refractivity contribution < 1.29 is 19.0 Å². The van der Waals surface area contributed by atoms with E-state index in [-0.39, 0.29) is 30.2 Å². The minimum Gasteiger partial charge on any atom is -0.469 e. The Morgan fingerprint density at radius 3 is 2.57 bits per heavy atom. The minimum atomic E-state index is -0.236. The number of hydrogen-bond donors (Lipinski definition) is 0. The van der Waals surface area contributed by atoms with Gasteiger partial charge >= 0.3 is 5.97 Å². The van der Waals surface area contributed by atoms with Crippen LogP contribution >= 0.6 is 0 Å². The maximum absolute atomic E-state index is 11.6. The molecule has 4 nitrogen and oxygen atoms in total. The predicted octanol–water partition coefficient (Wildman–Crippen LogP) is 2.81. The summed E-state index contributed by atoms with van der Waals surface area (Å²) in [6.07, 6.45) is 2.00. The van der Waals surface area contributed by atoms with Crippen molar-refractivity contribution in [3.63, 3.8) is 0 Å². The Balaban J connectivity index is 1.99. The fourth-order valence-corrected chi connectivity index (χ4v) is 3.04. The average molecular weight is 292 g/mol. The quantitative estimate of drug-likeness (QED) is 0.756. The third-order valence-corrected chi connectivity index (χ3v) is 4.31. The first-order valence-electron chi connectivity index (χ1n) is 7.44. The second-order valence-corrected chi connectivity index (χ2v) is 5.61. The molecule has 1 fully saturated rings. The average Bonchev–Trinajstić information content (AvgIpc) is 2.82. The molecule has 0 saturated carbocycles. The van der Waals surface area contributed by atoms with Gasteiger partial charge in [-0.1, -0.05) is 37.3 Å². The lowest BCUT2D eigenvalue weighted by atomic mass is 9.86. The molecule has 1 saturated heterocycles. The molecule has 0 aliphatic carbocycles. The fourth-order valence-electron chi connectivity index (χ4n) is 3.04. The molecule has 1 aromatic rings. The van der Waals surface area contributed by atoms with Gasteiger partial charge in [0.2, 0.25) is 0 Å². The maximum Gasteiger partial charge on any atom is 0.305 e. The molecule has 0 amide bonds. The first-order valence-corrected chi connectivity index (χ1v) is 7.44. The molecule has 1 heterocycles. The fraction of sp³-hybridized carbons (Fsp3) is 0.588. The van der Waals surface area contributed by atoms with Crippen LogP contribution in [0.5, 0.6) is 0 Å². The number of carbonyl (C=O) groups is 1. The van der Waals surface area contributed by atoms with Crippen LogP contribution in [-0.2, 0) is 25.4 Å². The number of aryl methyl sites for hydroxylation is 1. The van der Waals surface area contributed by atoms with Crippen molar-refractivity contribution >= 4 is 5.97 Å². The maximum atomic E-state index is 11.6. The highest BCUT2D eigenvalue weighted by Gasteiger charge is 2.42. The highest BCUT2D eigenvalue weighted by atomic mass is 16.7. The summed E-state index contributed by atoms with van der Waals surface area (Å²) in [4.78, 5) is 11.6. The molecule has 2 rings (SSSR count). The first-order chi connectivity index (χ1) is 10.2. The summed E-state index contributed by atoms with van der Waals surface area (Å²) < 4.78 is 16.2. The Kier molecular flexibility index (Phi) is 5.76. The Morgan fingerprint density at radius 1 is 1.24 bits per heavy atom. The van der Waals surface area contributed by atoms with Gasteiger partial charge in [-0.3, -0.25) is 4.79 Å². The van der Waals surface area contributed by atoms with Crippen molar-refractivity contribution in [1.82, 2.24) is 0 Å². The molecule has 116 valence electrons. The number of esters is 1. The lowest BCUT2D eigenvalue weighted by molar-refractivity contribution is -0.142. The van der Waals surface area contributed by atoms with E-state index in [0.29, 0.717) is 6.42 Å². The minimum absolute atomic E-state index is 0.0317. The molecule has 0 spiro atoms. The van der Waals surface area contributed by atoms with Crippen molar-refractivity contribution in [2.24, 2.45) is 11.8 Å². The van der Waals surface area contributed by atoms with Crippen molar-refractivity contribution in [1.29, 1.82) is 0 Å². The summed E-state index contributed by atoms with van der Waals surface area (Å²) in [7, 11) is 3.07. The van der Waals surface area contributed by atoms with Crippen LogP contribution in [0.2, 0.25) is 0 Å². The first kappa shape index (κ1) is 16.0. The number of rotatable bonds is 6. The second-order valence-electron chi connectivity index (χ2n) is 5.61. The van der Waals surface area contributed by atoms with Gasteiger partial charge in [0.15, 0.2) is 6.29 Å². The third kappa shape index (κ3) is 4.05. The van der Waals surface area contributed by atoms with Crippen LogP contribution in [0.4, 0.5) is 0 Å². The Hall–Kier alpha value is -1.39. The van der Waals surface area contributed by atoms with Crippen LogP contribution < -0.4 is 0 Å². The van der Waals surface area contributed by atoms with Crippen LogP contribution in [0.3, 0.4) is 0 Å². The van der Waals surface area contributed by atoms with Gasteiger partial charge in [0.1, 0.15) is 0 Å². The van der Waals surface area contributed by atoms with Crippen molar-refractivity contribution in [3.05, 3.63) is 35.9 Å². The van der Waals surface area contributed by atoms with E-state index in [0.717, 1.165) is 12.8 Å². The van der Waals surface area contributed by atoms with E-state index in [2.05, 4.69) is 19.1 Å². The molecule has 4 atom stereocenters. The molecule has 0 aromatic heterocycles. The molecule has 4 heteroatoms. The van der Waals surface area contributed by atoms with Crippen molar-refractivity contribution in [3.8, 4) is 0 Å². The van der Waals surface area contributed by atoms with Gasteiger partial charge in [0.05, 0.1) is 19.6 Å². The van der Waals surface area contributed by atoms with E-state index in [1.807, 2.05) is 18.2 Å². The summed E-state index contributed by atoms with van der Waals surface area (Å²) in [6, 6.07) is 10.3. The highest BCUT2D eigenvalue weighted by Crippen LogP contribution is 2.37. The van der Waals surface area contributed by atoms with Gasteiger partial charge in [-0.15, -0.1) is 0 Å². The molecule has 0 unspecified atom stereocenters. The lowest BCUT2D eigenvalue weighted by Crippen LogP contribution is -2.24. The van der Waals surface area contributed by atoms with Gasteiger partial charge in [-0.05, 0) is 18.4 Å². The van der Waals surface area contributed by atoms with Gasteiger partial charge in [-0.25, -0.2) is 0 Å². The van der Waals surface area contributed by atoms with Gasteiger partial charge in [-0.2, -0.15) is 0 Å². The normalized spacial score (nSPS) is 28.5. The zero-order chi connectivity index (χ0) is 15.2. The molecule has 21 heavy (non-hydrogen) atoms. The van der Waals surface area contributed by atoms with E-state index >= 15 is 0 Å². The van der Waals surface area contributed by atoms with Gasteiger partial charge in [0.25, 0.3) is 0 Å². The molecular weight excluding hydrogens is 268 g/mol. The van der Waals surface area contributed by atoms with Crippen LogP contribution in [0.1, 0.15) is 25.3 Å². The Bertz CT molecular complexity index is 445. The third-order valence-electron chi connectivity index (χ3n) is 4.31.